The van der Waals surface area contributed by atoms with Gasteiger partial charge in [0, 0.05) is 50.1 Å². The number of aromatic nitrogens is 1. The van der Waals surface area contributed by atoms with Gasteiger partial charge in [0.1, 0.15) is 6.54 Å². The van der Waals surface area contributed by atoms with E-state index in [1.807, 2.05) is 11.8 Å². The summed E-state index contributed by atoms with van der Waals surface area (Å²) in [5, 5.41) is 8.00. The molecule has 44 heavy (non-hydrogen) atoms. The number of thioether (sulfide) groups is 1. The van der Waals surface area contributed by atoms with E-state index in [9.17, 15) is 0 Å². The molecule has 0 saturated carbocycles. The van der Waals surface area contributed by atoms with Gasteiger partial charge in [-0.05, 0) is 78.9 Å². The molecule has 0 unspecified atom stereocenters. The fraction of sp³-hybridized carbons (Fsp3) is 0.146. The number of hydrogen-bond acceptors (Lipinski definition) is 1. The Labute approximate surface area is 263 Å². The second-order valence-corrected chi connectivity index (χ2v) is 12.7. The lowest BCUT2D eigenvalue weighted by atomic mass is 10.0. The van der Waals surface area contributed by atoms with E-state index in [1.165, 1.54) is 75.7 Å². The lowest BCUT2D eigenvalue weighted by Crippen LogP contribution is -2.14. The summed E-state index contributed by atoms with van der Waals surface area (Å²) >= 11 is 1.90. The Balaban J connectivity index is 1.25. The van der Waals surface area contributed by atoms with Crippen LogP contribution in [0, 0.1) is 0 Å². The first-order valence-electron chi connectivity index (χ1n) is 15.8. The molecule has 0 N–H and O–H groups in total. The average Bonchev–Trinajstić information content (AvgIpc) is 3.70. The van der Waals surface area contributed by atoms with Crippen LogP contribution in [0.25, 0.3) is 38.5 Å². The largest absolute Gasteiger partial charge is 0.341 e. The quantitative estimate of drug-likeness (QED) is 0.169. The van der Waals surface area contributed by atoms with Crippen LogP contribution in [0.15, 0.2) is 142 Å². The average molecular weight is 588 g/mol. The van der Waals surface area contributed by atoms with Crippen LogP contribution in [-0.4, -0.2) is 21.4 Å². The zero-order chi connectivity index (χ0) is 29.6. The van der Waals surface area contributed by atoms with Crippen molar-refractivity contribution in [3.63, 3.8) is 0 Å². The monoisotopic (exact) mass is 587 g/mol. The smallest absolute Gasteiger partial charge is 0.214 e. The van der Waals surface area contributed by atoms with E-state index in [-0.39, 0.29) is 0 Å². The van der Waals surface area contributed by atoms with Gasteiger partial charge >= 0.3 is 0 Å². The Bertz CT molecular complexity index is 2250. The molecule has 2 heterocycles. The minimum Gasteiger partial charge on any atom is -0.341 e. The van der Waals surface area contributed by atoms with Crippen LogP contribution in [-0.2, 0) is 6.54 Å². The zero-order valence-electron chi connectivity index (χ0n) is 25.3. The van der Waals surface area contributed by atoms with Crippen LogP contribution in [0.4, 0.5) is 5.69 Å². The summed E-state index contributed by atoms with van der Waals surface area (Å²) in [4.78, 5) is 2.67. The number of benzene rings is 5. The van der Waals surface area contributed by atoms with Gasteiger partial charge < -0.3 is 4.57 Å². The Morgan fingerprint density at radius 1 is 0.727 bits per heavy atom. The molecule has 214 valence electrons. The summed E-state index contributed by atoms with van der Waals surface area (Å²) in [5.41, 5.74) is 8.10. The molecular weight excluding hydrogens is 553 g/mol. The van der Waals surface area contributed by atoms with E-state index >= 15 is 0 Å². The molecule has 0 amide bonds. The summed E-state index contributed by atoms with van der Waals surface area (Å²) in [7, 11) is 0. The lowest BCUT2D eigenvalue weighted by molar-refractivity contribution is -0.430. The molecule has 1 aliphatic heterocycles. The van der Waals surface area contributed by atoms with Crippen LogP contribution in [0.1, 0.15) is 32.3 Å². The molecular formula is C41H35N2S+. The molecule has 0 fully saturated rings. The van der Waals surface area contributed by atoms with E-state index in [0.717, 1.165) is 25.9 Å². The van der Waals surface area contributed by atoms with Gasteiger partial charge in [-0.1, -0.05) is 96.7 Å². The van der Waals surface area contributed by atoms with Gasteiger partial charge in [0.15, 0.2) is 0 Å². The molecule has 6 aromatic rings. The summed E-state index contributed by atoms with van der Waals surface area (Å²) < 4.78 is 4.93. The molecule has 0 spiro atoms. The molecule has 1 aromatic heterocycles. The third-order valence-corrected chi connectivity index (χ3v) is 10.4. The maximum absolute atomic E-state index is 2.46. The second kappa shape index (κ2) is 11.2. The Morgan fingerprint density at radius 2 is 1.48 bits per heavy atom. The van der Waals surface area contributed by atoms with Gasteiger partial charge in [0.05, 0.1) is 10.9 Å². The molecule has 3 heteroatoms. The van der Waals surface area contributed by atoms with Crippen molar-refractivity contribution < 1.29 is 4.58 Å². The highest BCUT2D eigenvalue weighted by Crippen LogP contribution is 2.43. The maximum Gasteiger partial charge on any atom is 0.214 e. The van der Waals surface area contributed by atoms with Crippen molar-refractivity contribution in [1.29, 1.82) is 0 Å². The first-order chi connectivity index (χ1) is 21.7. The number of rotatable bonds is 7. The van der Waals surface area contributed by atoms with E-state index in [1.54, 1.807) is 0 Å². The SMILES string of the molecule is CCn1c(=CC=C2CCC(C=CC3=[N+](CC)c4cccc5cccc3c45)=C2Sc2ccccc2)c2cccc3cccc1c32. The van der Waals surface area contributed by atoms with Crippen molar-refractivity contribution in [3.8, 4) is 0 Å². The third-order valence-electron chi connectivity index (χ3n) is 9.21. The van der Waals surface area contributed by atoms with Crippen LogP contribution in [0.5, 0.6) is 0 Å². The molecule has 8 rings (SSSR count). The highest BCUT2D eigenvalue weighted by molar-refractivity contribution is 8.03. The number of nitrogens with zero attached hydrogens (tertiary/aromatic N) is 2. The van der Waals surface area contributed by atoms with Crippen molar-refractivity contribution in [3.05, 3.63) is 148 Å². The van der Waals surface area contributed by atoms with E-state index in [0.29, 0.717) is 0 Å². The van der Waals surface area contributed by atoms with Crippen molar-refractivity contribution in [2.24, 2.45) is 0 Å². The molecule has 0 atom stereocenters. The number of hydrogen-bond donors (Lipinski definition) is 0. The van der Waals surface area contributed by atoms with Crippen molar-refractivity contribution in [1.82, 2.24) is 4.57 Å². The van der Waals surface area contributed by atoms with Gasteiger partial charge in [-0.3, -0.25) is 0 Å². The number of allylic oxidation sites excluding steroid dienone is 5. The topological polar surface area (TPSA) is 7.94 Å². The minimum absolute atomic E-state index is 0.944. The van der Waals surface area contributed by atoms with Crippen LogP contribution in [0.3, 0.4) is 0 Å². The first-order valence-corrected chi connectivity index (χ1v) is 16.6. The summed E-state index contributed by atoms with van der Waals surface area (Å²) in [6.45, 7) is 6.39. The normalized spacial score (nSPS) is 16.4. The van der Waals surface area contributed by atoms with Crippen LogP contribution >= 0.6 is 11.8 Å². The van der Waals surface area contributed by atoms with Crippen molar-refractivity contribution in [2.45, 2.75) is 38.1 Å². The fourth-order valence-electron chi connectivity index (χ4n) is 7.23. The first kappa shape index (κ1) is 27.0. The Morgan fingerprint density at radius 3 is 2.27 bits per heavy atom. The molecule has 1 aliphatic carbocycles. The van der Waals surface area contributed by atoms with E-state index in [2.05, 4.69) is 150 Å². The van der Waals surface area contributed by atoms with Gasteiger partial charge in [0.25, 0.3) is 0 Å². The molecule has 2 aliphatic rings. The minimum atomic E-state index is 0.944. The molecule has 0 bridgehead atoms. The fourth-order valence-corrected chi connectivity index (χ4v) is 8.36. The van der Waals surface area contributed by atoms with Crippen molar-refractivity contribution in [2.75, 3.05) is 6.54 Å². The van der Waals surface area contributed by atoms with Gasteiger partial charge in [-0.25, -0.2) is 0 Å². The molecule has 0 saturated heterocycles. The van der Waals surface area contributed by atoms with E-state index < -0.39 is 0 Å². The predicted octanol–water partition coefficient (Wildman–Crippen LogP) is 9.96. The van der Waals surface area contributed by atoms with Crippen LogP contribution in [0.2, 0.25) is 0 Å². The second-order valence-electron chi connectivity index (χ2n) is 11.6. The number of aryl methyl sites for hydroxylation is 1. The molecule has 5 aromatic carbocycles. The van der Waals surface area contributed by atoms with Crippen LogP contribution < -0.4 is 5.35 Å². The highest BCUT2D eigenvalue weighted by atomic mass is 32.2. The summed E-state index contributed by atoms with van der Waals surface area (Å²) in [6.07, 6.45) is 11.6. The molecule has 2 nitrogen and oxygen atoms in total. The maximum atomic E-state index is 2.46. The lowest BCUT2D eigenvalue weighted by Gasteiger charge is -2.07. The summed E-state index contributed by atoms with van der Waals surface area (Å²) in [6, 6.07) is 37.6. The third kappa shape index (κ3) is 4.38. The zero-order valence-corrected chi connectivity index (χ0v) is 26.1. The standard InChI is InChI=1S/C41H35N2S/c1-3-42-35(33-18-8-12-28-14-10-20-37(42)39(28)33)26-24-30-22-23-31(41(30)44-32-16-6-5-7-17-32)25-27-36-34-19-9-13-29-15-11-21-38(40(29)34)43(36)4-2/h5-21,24-27H,3-4,22-23H2,1-2H3/q+1. The highest BCUT2D eigenvalue weighted by Gasteiger charge is 2.29. The van der Waals surface area contributed by atoms with Crippen molar-refractivity contribution >= 4 is 61.7 Å². The summed E-state index contributed by atoms with van der Waals surface area (Å²) in [5.74, 6) is 0. The van der Waals surface area contributed by atoms with Gasteiger partial charge in [-0.15, -0.1) is 0 Å². The van der Waals surface area contributed by atoms with E-state index in [4.69, 9.17) is 0 Å². The Hall–Kier alpha value is -4.60. The Kier molecular flexibility index (Phi) is 6.84. The molecule has 0 radical (unpaired) electrons. The van der Waals surface area contributed by atoms with Gasteiger partial charge in [-0.2, -0.15) is 4.58 Å². The predicted molar refractivity (Wildman–Crippen MR) is 189 cm³/mol. The van der Waals surface area contributed by atoms with Gasteiger partial charge in [0.2, 0.25) is 11.4 Å².